The SMILES string of the molecule is COc1cccc(-c2nnn(CC(=O)Nc3ccccc3C(=O)NC3CCCC3)n2)c1. The molecule has 1 aliphatic carbocycles. The lowest BCUT2D eigenvalue weighted by Gasteiger charge is -2.14. The number of amides is 2. The van der Waals surface area contributed by atoms with E-state index in [0.29, 0.717) is 22.8 Å². The van der Waals surface area contributed by atoms with E-state index < -0.39 is 0 Å². The van der Waals surface area contributed by atoms with E-state index >= 15 is 0 Å². The van der Waals surface area contributed by atoms with Gasteiger partial charge in [0, 0.05) is 11.6 Å². The number of carbonyl (C=O) groups is 2. The molecule has 3 aromatic rings. The van der Waals surface area contributed by atoms with Crippen molar-refractivity contribution in [3.8, 4) is 17.1 Å². The first kappa shape index (κ1) is 20.5. The maximum Gasteiger partial charge on any atom is 0.253 e. The van der Waals surface area contributed by atoms with Gasteiger partial charge in [-0.15, -0.1) is 10.2 Å². The second-order valence-corrected chi connectivity index (χ2v) is 7.42. The number of methoxy groups -OCH3 is 1. The highest BCUT2D eigenvalue weighted by Gasteiger charge is 2.20. The summed E-state index contributed by atoms with van der Waals surface area (Å²) in [6.07, 6.45) is 4.25. The lowest BCUT2D eigenvalue weighted by molar-refractivity contribution is -0.117. The van der Waals surface area contributed by atoms with Gasteiger partial charge in [-0.05, 0) is 42.3 Å². The summed E-state index contributed by atoms with van der Waals surface area (Å²) in [5.74, 6) is 0.542. The molecule has 0 aliphatic heterocycles. The lowest BCUT2D eigenvalue weighted by atomic mass is 10.1. The Morgan fingerprint density at radius 3 is 2.74 bits per heavy atom. The van der Waals surface area contributed by atoms with Crippen molar-refractivity contribution < 1.29 is 14.3 Å². The van der Waals surface area contributed by atoms with Crippen molar-refractivity contribution in [2.24, 2.45) is 0 Å². The Morgan fingerprint density at radius 2 is 1.94 bits per heavy atom. The van der Waals surface area contributed by atoms with E-state index in [-0.39, 0.29) is 24.4 Å². The van der Waals surface area contributed by atoms with Gasteiger partial charge in [-0.25, -0.2) is 0 Å². The molecule has 31 heavy (non-hydrogen) atoms. The van der Waals surface area contributed by atoms with Crippen LogP contribution in [0.15, 0.2) is 48.5 Å². The van der Waals surface area contributed by atoms with Crippen LogP contribution in [0.25, 0.3) is 11.4 Å². The molecule has 0 saturated heterocycles. The minimum absolute atomic E-state index is 0.129. The Balaban J connectivity index is 1.41. The van der Waals surface area contributed by atoms with E-state index in [0.717, 1.165) is 31.2 Å². The van der Waals surface area contributed by atoms with Gasteiger partial charge in [0.05, 0.1) is 18.4 Å². The molecule has 160 valence electrons. The van der Waals surface area contributed by atoms with Crippen molar-refractivity contribution >= 4 is 17.5 Å². The number of tetrazole rings is 1. The number of rotatable bonds is 7. The van der Waals surface area contributed by atoms with Crippen LogP contribution < -0.4 is 15.4 Å². The third-order valence-corrected chi connectivity index (χ3v) is 5.20. The highest BCUT2D eigenvalue weighted by molar-refractivity contribution is 6.03. The molecule has 1 heterocycles. The number of ether oxygens (including phenoxy) is 1. The van der Waals surface area contributed by atoms with Crippen molar-refractivity contribution in [2.45, 2.75) is 38.3 Å². The number of aromatic nitrogens is 4. The molecule has 1 fully saturated rings. The predicted octanol–water partition coefficient (Wildman–Crippen LogP) is 2.66. The van der Waals surface area contributed by atoms with Crippen LogP contribution in [-0.2, 0) is 11.3 Å². The van der Waals surface area contributed by atoms with Crippen LogP contribution in [-0.4, -0.2) is 45.2 Å². The highest BCUT2D eigenvalue weighted by atomic mass is 16.5. The van der Waals surface area contributed by atoms with Gasteiger partial charge in [0.25, 0.3) is 5.91 Å². The van der Waals surface area contributed by atoms with E-state index in [9.17, 15) is 9.59 Å². The maximum atomic E-state index is 12.7. The molecule has 1 aromatic heterocycles. The van der Waals surface area contributed by atoms with Gasteiger partial charge in [-0.2, -0.15) is 4.80 Å². The largest absolute Gasteiger partial charge is 0.497 e. The van der Waals surface area contributed by atoms with Gasteiger partial charge in [0.1, 0.15) is 12.3 Å². The Kier molecular flexibility index (Phi) is 6.21. The summed E-state index contributed by atoms with van der Waals surface area (Å²) in [7, 11) is 1.58. The molecule has 1 saturated carbocycles. The monoisotopic (exact) mass is 420 g/mol. The first-order valence-corrected chi connectivity index (χ1v) is 10.2. The Labute approximate surface area is 179 Å². The summed E-state index contributed by atoms with van der Waals surface area (Å²) in [6, 6.07) is 14.4. The van der Waals surface area contributed by atoms with Crippen molar-refractivity contribution in [3.05, 3.63) is 54.1 Å². The van der Waals surface area contributed by atoms with Gasteiger partial charge in [-0.1, -0.05) is 37.1 Å². The van der Waals surface area contributed by atoms with Crippen LogP contribution in [0.2, 0.25) is 0 Å². The number of anilines is 1. The quantitative estimate of drug-likeness (QED) is 0.608. The van der Waals surface area contributed by atoms with Crippen molar-refractivity contribution in [2.75, 3.05) is 12.4 Å². The molecule has 2 aromatic carbocycles. The molecule has 2 amide bonds. The van der Waals surface area contributed by atoms with Crippen LogP contribution in [0.1, 0.15) is 36.0 Å². The smallest absolute Gasteiger partial charge is 0.253 e. The summed E-state index contributed by atoms with van der Waals surface area (Å²) in [6.45, 7) is -0.129. The minimum Gasteiger partial charge on any atom is -0.497 e. The second-order valence-electron chi connectivity index (χ2n) is 7.42. The van der Waals surface area contributed by atoms with E-state index in [1.165, 1.54) is 4.80 Å². The van der Waals surface area contributed by atoms with E-state index in [4.69, 9.17) is 4.74 Å². The van der Waals surface area contributed by atoms with Crippen LogP contribution >= 0.6 is 0 Å². The molecule has 9 heteroatoms. The number of para-hydroxylation sites is 1. The molecule has 9 nitrogen and oxygen atoms in total. The maximum absolute atomic E-state index is 12.7. The number of benzene rings is 2. The van der Waals surface area contributed by atoms with Gasteiger partial charge in [-0.3, -0.25) is 9.59 Å². The molecule has 1 aliphatic rings. The number of nitrogens with one attached hydrogen (secondary N) is 2. The van der Waals surface area contributed by atoms with E-state index in [1.54, 1.807) is 37.4 Å². The zero-order valence-corrected chi connectivity index (χ0v) is 17.2. The molecule has 0 atom stereocenters. The Bertz CT molecular complexity index is 1070. The van der Waals surface area contributed by atoms with Crippen LogP contribution in [0, 0.1) is 0 Å². The fourth-order valence-electron chi connectivity index (χ4n) is 3.63. The average Bonchev–Trinajstić information content (AvgIpc) is 3.46. The van der Waals surface area contributed by atoms with Crippen LogP contribution in [0.3, 0.4) is 0 Å². The van der Waals surface area contributed by atoms with Crippen molar-refractivity contribution in [1.82, 2.24) is 25.5 Å². The molecule has 0 bridgehead atoms. The predicted molar refractivity (Wildman–Crippen MR) is 115 cm³/mol. The van der Waals surface area contributed by atoms with E-state index in [1.807, 2.05) is 18.2 Å². The summed E-state index contributed by atoms with van der Waals surface area (Å²) >= 11 is 0. The zero-order valence-electron chi connectivity index (χ0n) is 17.2. The molecular formula is C22H24N6O3. The van der Waals surface area contributed by atoms with Gasteiger partial charge < -0.3 is 15.4 Å². The normalized spacial score (nSPS) is 13.7. The average molecular weight is 420 g/mol. The molecule has 0 spiro atoms. The van der Waals surface area contributed by atoms with Crippen molar-refractivity contribution in [1.29, 1.82) is 0 Å². The summed E-state index contributed by atoms with van der Waals surface area (Å²) in [5.41, 5.74) is 1.63. The first-order valence-electron chi connectivity index (χ1n) is 10.2. The molecule has 4 rings (SSSR count). The third kappa shape index (κ3) is 5.06. The summed E-state index contributed by atoms with van der Waals surface area (Å²) < 4.78 is 5.21. The van der Waals surface area contributed by atoms with Gasteiger partial charge in [0.2, 0.25) is 11.7 Å². The summed E-state index contributed by atoms with van der Waals surface area (Å²) in [4.78, 5) is 26.4. The van der Waals surface area contributed by atoms with Gasteiger partial charge >= 0.3 is 0 Å². The van der Waals surface area contributed by atoms with Gasteiger partial charge in [0.15, 0.2) is 0 Å². The number of hydrogen-bond donors (Lipinski definition) is 2. The third-order valence-electron chi connectivity index (χ3n) is 5.20. The second kappa shape index (κ2) is 9.38. The van der Waals surface area contributed by atoms with Crippen molar-refractivity contribution in [3.63, 3.8) is 0 Å². The molecule has 2 N–H and O–H groups in total. The van der Waals surface area contributed by atoms with Crippen LogP contribution in [0.5, 0.6) is 5.75 Å². The fraction of sp³-hybridized carbons (Fsp3) is 0.318. The zero-order chi connectivity index (χ0) is 21.6. The lowest BCUT2D eigenvalue weighted by Crippen LogP contribution is -2.33. The number of carbonyl (C=O) groups excluding carboxylic acids is 2. The topological polar surface area (TPSA) is 111 Å². The highest BCUT2D eigenvalue weighted by Crippen LogP contribution is 2.21. The Morgan fingerprint density at radius 1 is 1.13 bits per heavy atom. The first-order chi connectivity index (χ1) is 15.1. The van der Waals surface area contributed by atoms with Crippen LogP contribution in [0.4, 0.5) is 5.69 Å². The molecular weight excluding hydrogens is 396 g/mol. The number of hydrogen-bond acceptors (Lipinski definition) is 6. The summed E-state index contributed by atoms with van der Waals surface area (Å²) in [5, 5.41) is 18.1. The van der Waals surface area contributed by atoms with E-state index in [2.05, 4.69) is 26.0 Å². The molecule has 0 radical (unpaired) electrons. The molecule has 0 unspecified atom stereocenters. The standard InChI is InChI=1S/C22H24N6O3/c1-31-17-10-6-7-15(13-17)21-25-27-28(26-21)14-20(29)24-19-12-5-4-11-18(19)22(30)23-16-8-2-3-9-16/h4-7,10-13,16H,2-3,8-9,14H2,1H3,(H,23,30)(H,24,29). The Hall–Kier alpha value is -3.75. The fourth-order valence-corrected chi connectivity index (χ4v) is 3.63. The number of nitrogens with zero attached hydrogens (tertiary/aromatic N) is 4. The minimum atomic E-state index is -0.351.